The number of halogens is 1. The fourth-order valence-electron chi connectivity index (χ4n) is 2.27. The number of ether oxygens (including phenoxy) is 1. The van der Waals surface area contributed by atoms with Gasteiger partial charge in [-0.25, -0.2) is 4.39 Å². The lowest BCUT2D eigenvalue weighted by Gasteiger charge is -2.31. The Balaban J connectivity index is 2.40. The van der Waals surface area contributed by atoms with Gasteiger partial charge < -0.3 is 10.1 Å². The zero-order valence-corrected chi connectivity index (χ0v) is 9.85. The number of rotatable bonds is 2. The van der Waals surface area contributed by atoms with E-state index in [1.54, 1.807) is 7.11 Å². The van der Waals surface area contributed by atoms with Crippen molar-refractivity contribution in [1.29, 1.82) is 0 Å². The van der Waals surface area contributed by atoms with E-state index < -0.39 is 5.67 Å². The molecule has 16 heavy (non-hydrogen) atoms. The Morgan fingerprint density at radius 2 is 2.25 bits per heavy atom. The average Bonchev–Trinajstić information content (AvgIpc) is 2.30. The molecule has 0 saturated carbocycles. The fraction of sp³-hybridized carbons (Fsp3) is 0.538. The first-order valence-electron chi connectivity index (χ1n) is 5.70. The maximum Gasteiger partial charge on any atom is 0.151 e. The normalized spacial score (nSPS) is 25.4. The Bertz CT molecular complexity index is 372. The van der Waals surface area contributed by atoms with Crippen molar-refractivity contribution in [1.82, 2.24) is 5.32 Å². The number of hydrogen-bond donors (Lipinski definition) is 1. The highest BCUT2D eigenvalue weighted by molar-refractivity contribution is 5.41. The minimum Gasteiger partial charge on any atom is -0.496 e. The van der Waals surface area contributed by atoms with Crippen molar-refractivity contribution in [3.05, 3.63) is 29.3 Å². The maximum absolute atomic E-state index is 14.8. The van der Waals surface area contributed by atoms with Crippen molar-refractivity contribution < 1.29 is 9.13 Å². The lowest BCUT2D eigenvalue weighted by molar-refractivity contribution is 0.118. The smallest absolute Gasteiger partial charge is 0.151 e. The topological polar surface area (TPSA) is 21.3 Å². The summed E-state index contributed by atoms with van der Waals surface area (Å²) < 4.78 is 20.0. The average molecular weight is 223 g/mol. The predicted octanol–water partition coefficient (Wildman–Crippen LogP) is 2.55. The molecular formula is C13H18FNO. The van der Waals surface area contributed by atoms with E-state index in [1.807, 2.05) is 25.1 Å². The molecule has 2 nitrogen and oxygen atoms in total. The van der Waals surface area contributed by atoms with Crippen LogP contribution in [0.4, 0.5) is 4.39 Å². The molecule has 1 fully saturated rings. The molecule has 1 aliphatic rings. The molecule has 0 spiro atoms. The minimum atomic E-state index is -1.28. The van der Waals surface area contributed by atoms with Crippen LogP contribution in [0.25, 0.3) is 0 Å². The van der Waals surface area contributed by atoms with E-state index >= 15 is 0 Å². The molecule has 0 radical (unpaired) electrons. The van der Waals surface area contributed by atoms with Gasteiger partial charge in [-0.15, -0.1) is 0 Å². The molecule has 1 aromatic carbocycles. The van der Waals surface area contributed by atoms with Gasteiger partial charge in [0.15, 0.2) is 5.67 Å². The molecule has 1 aromatic rings. The number of piperidine rings is 1. The molecule has 1 heterocycles. The number of benzene rings is 1. The summed E-state index contributed by atoms with van der Waals surface area (Å²) in [4.78, 5) is 0. The lowest BCUT2D eigenvalue weighted by atomic mass is 9.87. The van der Waals surface area contributed by atoms with Crippen LogP contribution in [0.15, 0.2) is 18.2 Å². The monoisotopic (exact) mass is 223 g/mol. The Hall–Kier alpha value is -1.09. The van der Waals surface area contributed by atoms with Gasteiger partial charge in [0.05, 0.1) is 7.11 Å². The van der Waals surface area contributed by atoms with E-state index in [-0.39, 0.29) is 0 Å². The van der Waals surface area contributed by atoms with Crippen LogP contribution in [0.5, 0.6) is 5.75 Å². The van der Waals surface area contributed by atoms with E-state index in [4.69, 9.17) is 4.74 Å². The number of alkyl halides is 1. The van der Waals surface area contributed by atoms with Gasteiger partial charge in [0.25, 0.3) is 0 Å². The van der Waals surface area contributed by atoms with Gasteiger partial charge in [-0.1, -0.05) is 11.6 Å². The molecular weight excluding hydrogens is 205 g/mol. The van der Waals surface area contributed by atoms with Crippen molar-refractivity contribution in [3.63, 3.8) is 0 Å². The van der Waals surface area contributed by atoms with Crippen molar-refractivity contribution in [2.24, 2.45) is 0 Å². The number of methoxy groups -OCH3 is 1. The molecule has 3 heteroatoms. The van der Waals surface area contributed by atoms with Crippen molar-refractivity contribution in [2.75, 3.05) is 20.2 Å². The van der Waals surface area contributed by atoms with E-state index in [9.17, 15) is 4.39 Å². The van der Waals surface area contributed by atoms with Gasteiger partial charge in [0.2, 0.25) is 0 Å². The maximum atomic E-state index is 14.8. The van der Waals surface area contributed by atoms with Gasteiger partial charge in [-0.05, 0) is 38.4 Å². The zero-order valence-electron chi connectivity index (χ0n) is 9.85. The van der Waals surface area contributed by atoms with E-state index in [2.05, 4.69) is 5.32 Å². The van der Waals surface area contributed by atoms with Crippen LogP contribution in [-0.4, -0.2) is 20.2 Å². The van der Waals surface area contributed by atoms with Crippen LogP contribution in [0, 0.1) is 6.92 Å². The Kier molecular flexibility index (Phi) is 3.15. The lowest BCUT2D eigenvalue weighted by Crippen LogP contribution is -2.40. The Morgan fingerprint density at radius 3 is 2.88 bits per heavy atom. The first-order chi connectivity index (χ1) is 7.65. The molecule has 1 unspecified atom stereocenters. The Morgan fingerprint density at radius 1 is 1.44 bits per heavy atom. The third kappa shape index (κ3) is 2.05. The van der Waals surface area contributed by atoms with Gasteiger partial charge in [0, 0.05) is 12.1 Å². The molecule has 0 bridgehead atoms. The summed E-state index contributed by atoms with van der Waals surface area (Å²) in [6.07, 6.45) is 1.44. The number of aryl methyl sites for hydroxylation is 1. The third-order valence-electron chi connectivity index (χ3n) is 3.17. The van der Waals surface area contributed by atoms with Gasteiger partial charge in [-0.2, -0.15) is 0 Å². The molecule has 1 atom stereocenters. The van der Waals surface area contributed by atoms with Crippen molar-refractivity contribution >= 4 is 0 Å². The third-order valence-corrected chi connectivity index (χ3v) is 3.17. The predicted molar refractivity (Wildman–Crippen MR) is 62.6 cm³/mol. The Labute approximate surface area is 95.8 Å². The summed E-state index contributed by atoms with van der Waals surface area (Å²) in [6, 6.07) is 5.69. The standard InChI is InChI=1S/C13H18FNO/c1-10-4-5-12(16-2)11(8-10)13(14)6-3-7-15-9-13/h4-5,8,15H,3,6-7,9H2,1-2H3. The second kappa shape index (κ2) is 4.42. The quantitative estimate of drug-likeness (QED) is 0.832. The molecule has 88 valence electrons. The molecule has 0 aromatic heterocycles. The van der Waals surface area contributed by atoms with E-state index in [1.165, 1.54) is 0 Å². The molecule has 0 aliphatic carbocycles. The number of nitrogens with one attached hydrogen (secondary N) is 1. The van der Waals surface area contributed by atoms with Crippen LogP contribution in [0.1, 0.15) is 24.0 Å². The zero-order chi connectivity index (χ0) is 11.6. The highest BCUT2D eigenvalue weighted by Gasteiger charge is 2.36. The van der Waals surface area contributed by atoms with Crippen LogP contribution in [-0.2, 0) is 5.67 Å². The highest BCUT2D eigenvalue weighted by atomic mass is 19.1. The van der Waals surface area contributed by atoms with E-state index in [0.29, 0.717) is 24.3 Å². The first kappa shape index (κ1) is 11.4. The molecule has 2 rings (SSSR count). The number of hydrogen-bond acceptors (Lipinski definition) is 2. The highest BCUT2D eigenvalue weighted by Crippen LogP contribution is 2.38. The van der Waals surface area contributed by atoms with Gasteiger partial charge >= 0.3 is 0 Å². The molecule has 1 saturated heterocycles. The second-order valence-electron chi connectivity index (χ2n) is 4.45. The first-order valence-corrected chi connectivity index (χ1v) is 5.70. The summed E-state index contributed by atoms with van der Waals surface area (Å²) in [5.41, 5.74) is 0.468. The summed E-state index contributed by atoms with van der Waals surface area (Å²) in [5, 5.41) is 3.11. The summed E-state index contributed by atoms with van der Waals surface area (Å²) in [6.45, 7) is 3.26. The SMILES string of the molecule is COc1ccc(C)cc1C1(F)CCCNC1. The second-order valence-corrected chi connectivity index (χ2v) is 4.45. The molecule has 0 amide bonds. The van der Waals surface area contributed by atoms with Crippen molar-refractivity contribution in [3.8, 4) is 5.75 Å². The summed E-state index contributed by atoms with van der Waals surface area (Å²) in [7, 11) is 1.59. The minimum absolute atomic E-state index is 0.382. The van der Waals surface area contributed by atoms with Gasteiger partial charge in [0.1, 0.15) is 5.75 Å². The van der Waals surface area contributed by atoms with Gasteiger partial charge in [-0.3, -0.25) is 0 Å². The summed E-state index contributed by atoms with van der Waals surface area (Å²) in [5.74, 6) is 0.650. The molecule has 1 N–H and O–H groups in total. The van der Waals surface area contributed by atoms with Crippen LogP contribution >= 0.6 is 0 Å². The van der Waals surface area contributed by atoms with Crippen LogP contribution < -0.4 is 10.1 Å². The van der Waals surface area contributed by atoms with Crippen LogP contribution in [0.2, 0.25) is 0 Å². The van der Waals surface area contributed by atoms with E-state index in [0.717, 1.165) is 18.5 Å². The molecule has 1 aliphatic heterocycles. The summed E-state index contributed by atoms with van der Waals surface area (Å²) >= 11 is 0. The van der Waals surface area contributed by atoms with Crippen LogP contribution in [0.3, 0.4) is 0 Å². The van der Waals surface area contributed by atoms with Crippen molar-refractivity contribution in [2.45, 2.75) is 25.4 Å². The fourth-order valence-corrected chi connectivity index (χ4v) is 2.27. The largest absolute Gasteiger partial charge is 0.496 e.